The fourth-order valence-corrected chi connectivity index (χ4v) is 7.55. The lowest BCUT2D eigenvalue weighted by Gasteiger charge is -2.09. The van der Waals surface area contributed by atoms with E-state index in [0.29, 0.717) is 17.6 Å². The Morgan fingerprint density at radius 3 is 1.69 bits per heavy atom. The molecule has 0 bridgehead atoms. The van der Waals surface area contributed by atoms with Crippen molar-refractivity contribution in [3.05, 3.63) is 152 Å². The molecule has 8 nitrogen and oxygen atoms in total. The maximum Gasteiger partial charge on any atom is 0.234 e. The van der Waals surface area contributed by atoms with Crippen molar-refractivity contribution < 1.29 is 4.42 Å². The van der Waals surface area contributed by atoms with E-state index in [-0.39, 0.29) is 0 Å². The number of furan rings is 1. The van der Waals surface area contributed by atoms with E-state index in [2.05, 4.69) is 138 Å². The molecule has 51 heavy (non-hydrogen) atoms. The number of nitrogens with zero attached hydrogens (tertiary/aromatic N) is 7. The van der Waals surface area contributed by atoms with E-state index < -0.39 is 0 Å². The van der Waals surface area contributed by atoms with Crippen molar-refractivity contribution in [2.75, 3.05) is 0 Å². The molecule has 0 radical (unpaired) electrons. The summed E-state index contributed by atoms with van der Waals surface area (Å²) in [5.41, 5.74) is 8.95. The van der Waals surface area contributed by atoms with E-state index in [9.17, 15) is 0 Å². The minimum absolute atomic E-state index is 0.609. The number of hydrogen-bond donors (Lipinski definition) is 0. The highest BCUT2D eigenvalue weighted by atomic mass is 16.3. The molecule has 0 fully saturated rings. The van der Waals surface area contributed by atoms with Crippen molar-refractivity contribution in [3.63, 3.8) is 0 Å². The monoisotopic (exact) mass is 655 g/mol. The number of hydrogen-bond acceptors (Lipinski definition) is 6. The molecule has 8 heteroatoms. The van der Waals surface area contributed by atoms with E-state index >= 15 is 0 Å². The summed E-state index contributed by atoms with van der Waals surface area (Å²) >= 11 is 0. The Hall–Kier alpha value is -7.19. The topological polar surface area (TPSA) is 87.5 Å². The summed E-state index contributed by atoms with van der Waals surface area (Å²) in [6, 6.07) is 46.0. The van der Waals surface area contributed by atoms with Crippen LogP contribution in [-0.4, -0.2) is 34.1 Å². The molecule has 11 aromatic rings. The van der Waals surface area contributed by atoms with Crippen LogP contribution in [0.5, 0.6) is 0 Å². The average molecular weight is 656 g/mol. The Kier molecular flexibility index (Phi) is 5.79. The van der Waals surface area contributed by atoms with E-state index in [1.165, 1.54) is 0 Å². The Morgan fingerprint density at radius 1 is 0.412 bits per heavy atom. The van der Waals surface area contributed by atoms with E-state index in [1.54, 1.807) is 18.7 Å². The highest BCUT2D eigenvalue weighted by molar-refractivity contribution is 6.12. The summed E-state index contributed by atoms with van der Waals surface area (Å²) in [7, 11) is 0. The van der Waals surface area contributed by atoms with Gasteiger partial charge in [0.2, 0.25) is 5.95 Å². The number of benzene rings is 6. The third kappa shape index (κ3) is 4.17. The van der Waals surface area contributed by atoms with Crippen LogP contribution in [0.2, 0.25) is 0 Å². The van der Waals surface area contributed by atoms with Crippen LogP contribution >= 0.6 is 0 Å². The van der Waals surface area contributed by atoms with E-state index in [4.69, 9.17) is 9.40 Å². The first kappa shape index (κ1) is 27.7. The van der Waals surface area contributed by atoms with Crippen LogP contribution in [0.4, 0.5) is 0 Å². The molecular weight excluding hydrogens is 631 g/mol. The van der Waals surface area contributed by atoms with Gasteiger partial charge in [-0.3, -0.25) is 4.57 Å². The Labute approximate surface area is 289 Å². The molecule has 238 valence electrons. The van der Waals surface area contributed by atoms with Gasteiger partial charge in [-0.25, -0.2) is 24.9 Å². The van der Waals surface area contributed by atoms with Crippen LogP contribution in [0.15, 0.2) is 157 Å². The van der Waals surface area contributed by atoms with E-state index in [1.807, 2.05) is 24.3 Å². The van der Waals surface area contributed by atoms with Gasteiger partial charge in [0.15, 0.2) is 11.6 Å². The molecule has 0 saturated carbocycles. The molecule has 11 rings (SSSR count). The zero-order valence-corrected chi connectivity index (χ0v) is 27.0. The predicted molar refractivity (Wildman–Crippen MR) is 202 cm³/mol. The van der Waals surface area contributed by atoms with Crippen LogP contribution < -0.4 is 0 Å². The highest BCUT2D eigenvalue weighted by Crippen LogP contribution is 2.38. The van der Waals surface area contributed by atoms with Gasteiger partial charge in [-0.1, -0.05) is 54.6 Å². The first-order valence-corrected chi connectivity index (χ1v) is 16.7. The zero-order valence-electron chi connectivity index (χ0n) is 27.0. The summed E-state index contributed by atoms with van der Waals surface area (Å²) in [5, 5.41) is 6.67. The number of aromatic nitrogens is 7. The third-order valence-electron chi connectivity index (χ3n) is 9.80. The number of para-hydroxylation sites is 3. The lowest BCUT2D eigenvalue weighted by atomic mass is 10.1. The van der Waals surface area contributed by atoms with Gasteiger partial charge in [0.05, 0.1) is 22.1 Å². The van der Waals surface area contributed by atoms with Gasteiger partial charge in [0.25, 0.3) is 0 Å². The third-order valence-corrected chi connectivity index (χ3v) is 9.80. The lowest BCUT2D eigenvalue weighted by molar-refractivity contribution is 0.669. The molecule has 0 unspecified atom stereocenters. The zero-order chi connectivity index (χ0) is 33.5. The molecule has 6 aromatic carbocycles. The number of fused-ring (bicyclic) bond motifs is 9. The minimum atomic E-state index is 0.609. The molecule has 0 aliphatic heterocycles. The number of rotatable bonds is 4. The molecular formula is C43H25N7O. The first-order valence-electron chi connectivity index (χ1n) is 16.7. The van der Waals surface area contributed by atoms with Crippen molar-refractivity contribution in [2.24, 2.45) is 0 Å². The molecule has 5 aromatic heterocycles. The van der Waals surface area contributed by atoms with Gasteiger partial charge < -0.3 is 8.98 Å². The van der Waals surface area contributed by atoms with Crippen LogP contribution in [-0.2, 0) is 0 Å². The molecule has 0 aliphatic carbocycles. The highest BCUT2D eigenvalue weighted by Gasteiger charge is 2.18. The molecule has 5 heterocycles. The molecule has 0 saturated heterocycles. The molecule has 0 aliphatic rings. The van der Waals surface area contributed by atoms with Crippen LogP contribution in [0.3, 0.4) is 0 Å². The summed E-state index contributed by atoms with van der Waals surface area (Å²) in [4.78, 5) is 23.3. The second-order valence-electron chi connectivity index (χ2n) is 12.6. The Balaban J connectivity index is 1.04. The maximum atomic E-state index is 6.13. The van der Waals surface area contributed by atoms with Crippen LogP contribution in [0.1, 0.15) is 0 Å². The Morgan fingerprint density at radius 2 is 0.980 bits per heavy atom. The van der Waals surface area contributed by atoms with Crippen molar-refractivity contribution in [1.29, 1.82) is 0 Å². The second-order valence-corrected chi connectivity index (χ2v) is 12.6. The summed E-state index contributed by atoms with van der Waals surface area (Å²) in [5.74, 6) is 1.86. The standard InChI is InChI=1S/C43H25N7O/c1-4-11-35-29(8-1)32-22-26(14-17-37(32)49(35)28-16-19-40-34(24-28)31-10-3-6-13-39(31)51-40)41-46-25-47-42(48-41)27-15-18-38-33(23-27)30-9-2-5-12-36(30)50(38)43-44-20-7-21-45-43/h1-25H. The van der Waals surface area contributed by atoms with Crippen molar-refractivity contribution in [2.45, 2.75) is 0 Å². The van der Waals surface area contributed by atoms with Gasteiger partial charge in [0.1, 0.15) is 17.5 Å². The fraction of sp³-hybridized carbons (Fsp3) is 0. The molecule has 0 amide bonds. The second kappa shape index (κ2) is 10.7. The predicted octanol–water partition coefficient (Wildman–Crippen LogP) is 10.1. The lowest BCUT2D eigenvalue weighted by Crippen LogP contribution is -1.99. The molecule has 0 atom stereocenters. The Bertz CT molecular complexity index is 3160. The normalized spacial score (nSPS) is 11.9. The smallest absolute Gasteiger partial charge is 0.234 e. The first-order chi connectivity index (χ1) is 25.3. The van der Waals surface area contributed by atoms with Gasteiger partial charge in [-0.2, -0.15) is 0 Å². The van der Waals surface area contributed by atoms with Gasteiger partial charge in [-0.15, -0.1) is 0 Å². The fourth-order valence-electron chi connectivity index (χ4n) is 7.55. The molecule has 0 N–H and O–H groups in total. The van der Waals surface area contributed by atoms with Crippen LogP contribution in [0.25, 0.3) is 100.0 Å². The largest absolute Gasteiger partial charge is 0.456 e. The van der Waals surface area contributed by atoms with Crippen molar-refractivity contribution in [3.8, 4) is 34.4 Å². The summed E-state index contributed by atoms with van der Waals surface area (Å²) in [6.07, 6.45) is 5.13. The van der Waals surface area contributed by atoms with E-state index in [0.717, 1.165) is 82.4 Å². The molecule has 0 spiro atoms. The quantitative estimate of drug-likeness (QED) is 0.188. The van der Waals surface area contributed by atoms with Crippen LogP contribution in [0, 0.1) is 0 Å². The minimum Gasteiger partial charge on any atom is -0.456 e. The van der Waals surface area contributed by atoms with Gasteiger partial charge in [0, 0.05) is 61.5 Å². The van der Waals surface area contributed by atoms with Crippen molar-refractivity contribution in [1.82, 2.24) is 34.1 Å². The summed E-state index contributed by atoms with van der Waals surface area (Å²) < 4.78 is 10.5. The van der Waals surface area contributed by atoms with Gasteiger partial charge >= 0.3 is 0 Å². The maximum absolute atomic E-state index is 6.13. The average Bonchev–Trinajstić information content (AvgIpc) is 3.85. The summed E-state index contributed by atoms with van der Waals surface area (Å²) in [6.45, 7) is 0. The SMILES string of the molecule is c1cnc(-n2c3ccccc3c3cc(-c4ncnc(-c5ccc6c(c5)c5ccccc5n6-c5ccc6oc7ccccc7c6c5)n4)ccc32)nc1. The van der Waals surface area contributed by atoms with Gasteiger partial charge in [-0.05, 0) is 78.9 Å². The van der Waals surface area contributed by atoms with Crippen molar-refractivity contribution >= 4 is 65.6 Å².